The van der Waals surface area contributed by atoms with Gasteiger partial charge in [-0.05, 0) is 12.8 Å². The molecule has 1 N–H and O–H groups in total. The molecule has 14 heavy (non-hydrogen) atoms. The van der Waals surface area contributed by atoms with E-state index >= 15 is 0 Å². The topological polar surface area (TPSA) is 49.4 Å². The van der Waals surface area contributed by atoms with E-state index in [-0.39, 0.29) is 11.8 Å². The zero-order chi connectivity index (χ0) is 10.6. The van der Waals surface area contributed by atoms with Gasteiger partial charge in [0.2, 0.25) is 10.0 Å². The van der Waals surface area contributed by atoms with Crippen LogP contribution in [0.15, 0.2) is 0 Å². The van der Waals surface area contributed by atoms with Crippen LogP contribution in [0.5, 0.6) is 0 Å². The van der Waals surface area contributed by atoms with Gasteiger partial charge in [0.25, 0.3) is 0 Å². The van der Waals surface area contributed by atoms with Crippen LogP contribution >= 0.6 is 0 Å². The van der Waals surface area contributed by atoms with Crippen molar-refractivity contribution in [2.24, 2.45) is 0 Å². The second-order valence-electron chi connectivity index (χ2n) is 3.69. The van der Waals surface area contributed by atoms with Crippen LogP contribution in [-0.4, -0.2) is 44.2 Å². The lowest BCUT2D eigenvalue weighted by atomic mass is 10.2. The minimum absolute atomic E-state index is 0.153. The van der Waals surface area contributed by atoms with Crippen molar-refractivity contribution >= 4 is 10.0 Å². The molecule has 1 rings (SSSR count). The first-order chi connectivity index (χ1) is 6.61. The number of piperazine rings is 1. The lowest BCUT2D eigenvalue weighted by molar-refractivity contribution is 0.261. The minimum atomic E-state index is -3.00. The molecule has 0 amide bonds. The van der Waals surface area contributed by atoms with E-state index in [2.05, 4.69) is 5.32 Å². The summed E-state index contributed by atoms with van der Waals surface area (Å²) in [5.74, 6) is 0.281. The maximum absolute atomic E-state index is 11.9. The van der Waals surface area contributed by atoms with Gasteiger partial charge in [-0.25, -0.2) is 8.42 Å². The molecule has 5 heteroatoms. The summed E-state index contributed by atoms with van der Waals surface area (Å²) >= 11 is 0. The zero-order valence-corrected chi connectivity index (χ0v) is 9.81. The molecule has 0 radical (unpaired) electrons. The van der Waals surface area contributed by atoms with Crippen molar-refractivity contribution < 1.29 is 8.42 Å². The minimum Gasteiger partial charge on any atom is -0.314 e. The summed E-state index contributed by atoms with van der Waals surface area (Å²) in [5.41, 5.74) is 0. The molecule has 0 spiro atoms. The molecule has 1 aliphatic heterocycles. The average molecular weight is 220 g/mol. The first kappa shape index (κ1) is 11.9. The molecule has 0 aromatic carbocycles. The van der Waals surface area contributed by atoms with Gasteiger partial charge in [0, 0.05) is 25.7 Å². The summed E-state index contributed by atoms with van der Waals surface area (Å²) < 4.78 is 25.4. The molecule has 0 saturated carbocycles. The first-order valence-electron chi connectivity index (χ1n) is 5.32. The smallest absolute Gasteiger partial charge is 0.214 e. The van der Waals surface area contributed by atoms with E-state index in [1.165, 1.54) is 0 Å². The largest absolute Gasteiger partial charge is 0.314 e. The molecule has 4 nitrogen and oxygen atoms in total. The fourth-order valence-electron chi connectivity index (χ4n) is 1.83. The third kappa shape index (κ3) is 2.68. The molecule has 84 valence electrons. The van der Waals surface area contributed by atoms with Crippen molar-refractivity contribution in [3.63, 3.8) is 0 Å². The van der Waals surface area contributed by atoms with Gasteiger partial charge in [-0.2, -0.15) is 4.31 Å². The summed E-state index contributed by atoms with van der Waals surface area (Å²) in [6.45, 7) is 6.13. The van der Waals surface area contributed by atoms with Crippen LogP contribution in [0.1, 0.15) is 26.7 Å². The highest BCUT2D eigenvalue weighted by atomic mass is 32.2. The number of rotatable bonds is 4. The number of hydrogen-bond acceptors (Lipinski definition) is 3. The quantitative estimate of drug-likeness (QED) is 0.746. The fraction of sp³-hybridized carbons (Fsp3) is 1.00. The maximum Gasteiger partial charge on any atom is 0.214 e. The molecule has 1 heterocycles. The number of sulfonamides is 1. The van der Waals surface area contributed by atoms with E-state index in [1.807, 2.05) is 13.8 Å². The molecule has 1 fully saturated rings. The second-order valence-corrected chi connectivity index (χ2v) is 5.73. The second kappa shape index (κ2) is 5.09. The van der Waals surface area contributed by atoms with E-state index in [4.69, 9.17) is 0 Å². The molecule has 1 unspecified atom stereocenters. The molecule has 0 aliphatic carbocycles. The van der Waals surface area contributed by atoms with Crippen LogP contribution in [-0.2, 0) is 10.0 Å². The summed E-state index contributed by atoms with van der Waals surface area (Å²) in [4.78, 5) is 0. The molecule has 1 aliphatic rings. The van der Waals surface area contributed by atoms with Gasteiger partial charge < -0.3 is 5.32 Å². The van der Waals surface area contributed by atoms with Crippen molar-refractivity contribution in [3.05, 3.63) is 0 Å². The summed E-state index contributed by atoms with van der Waals surface area (Å²) in [6.07, 6.45) is 1.58. The molecular formula is C9H20N2O2S. The van der Waals surface area contributed by atoms with E-state index in [1.54, 1.807) is 4.31 Å². The standard InChI is InChI=1S/C9H20N2O2S/c1-3-7-14(12,13)11-6-5-10-8-9(11)4-2/h9-10H,3-8H2,1-2H3. The Hall–Kier alpha value is -0.130. The lowest BCUT2D eigenvalue weighted by Crippen LogP contribution is -2.53. The Bertz CT molecular complexity index is 264. The van der Waals surface area contributed by atoms with Crippen molar-refractivity contribution in [3.8, 4) is 0 Å². The van der Waals surface area contributed by atoms with Gasteiger partial charge in [-0.15, -0.1) is 0 Å². The number of nitrogens with zero attached hydrogens (tertiary/aromatic N) is 1. The van der Waals surface area contributed by atoms with Crippen molar-refractivity contribution in [1.82, 2.24) is 9.62 Å². The predicted molar refractivity (Wildman–Crippen MR) is 57.7 cm³/mol. The SMILES string of the molecule is CCCS(=O)(=O)N1CCNCC1CC. The van der Waals surface area contributed by atoms with E-state index < -0.39 is 10.0 Å². The molecular weight excluding hydrogens is 200 g/mol. The van der Waals surface area contributed by atoms with E-state index in [0.29, 0.717) is 13.0 Å². The Balaban J connectivity index is 2.72. The Labute approximate surface area is 86.7 Å². The molecule has 1 atom stereocenters. The van der Waals surface area contributed by atoms with Crippen LogP contribution < -0.4 is 5.32 Å². The highest BCUT2D eigenvalue weighted by Crippen LogP contribution is 2.13. The Morgan fingerprint density at radius 2 is 2.14 bits per heavy atom. The normalized spacial score (nSPS) is 25.1. The number of hydrogen-bond donors (Lipinski definition) is 1. The van der Waals surface area contributed by atoms with Gasteiger partial charge >= 0.3 is 0 Å². The van der Waals surface area contributed by atoms with Crippen LogP contribution in [0.25, 0.3) is 0 Å². The predicted octanol–water partition coefficient (Wildman–Crippen LogP) is 0.410. The fourth-order valence-corrected chi connectivity index (χ4v) is 3.63. The highest BCUT2D eigenvalue weighted by molar-refractivity contribution is 7.89. The Morgan fingerprint density at radius 3 is 2.71 bits per heavy atom. The molecule has 0 bridgehead atoms. The summed E-state index contributed by atoms with van der Waals surface area (Å²) in [7, 11) is -3.00. The van der Waals surface area contributed by atoms with Crippen LogP contribution in [0.3, 0.4) is 0 Å². The summed E-state index contributed by atoms with van der Waals surface area (Å²) in [5, 5.41) is 3.22. The van der Waals surface area contributed by atoms with Gasteiger partial charge in [-0.1, -0.05) is 13.8 Å². The zero-order valence-electron chi connectivity index (χ0n) is 8.99. The average Bonchev–Trinajstić information content (AvgIpc) is 2.18. The molecule has 0 aromatic heterocycles. The third-order valence-corrected chi connectivity index (χ3v) is 4.71. The van der Waals surface area contributed by atoms with Crippen LogP contribution in [0.2, 0.25) is 0 Å². The summed E-state index contributed by atoms with van der Waals surface area (Å²) in [6, 6.07) is 0.153. The van der Waals surface area contributed by atoms with Gasteiger partial charge in [0.1, 0.15) is 0 Å². The van der Waals surface area contributed by atoms with Crippen molar-refractivity contribution in [1.29, 1.82) is 0 Å². The highest BCUT2D eigenvalue weighted by Gasteiger charge is 2.29. The lowest BCUT2D eigenvalue weighted by Gasteiger charge is -2.34. The van der Waals surface area contributed by atoms with Gasteiger partial charge in [0.05, 0.1) is 5.75 Å². The van der Waals surface area contributed by atoms with E-state index in [0.717, 1.165) is 19.5 Å². The van der Waals surface area contributed by atoms with Gasteiger partial charge in [0.15, 0.2) is 0 Å². The number of nitrogens with one attached hydrogen (secondary N) is 1. The van der Waals surface area contributed by atoms with E-state index in [9.17, 15) is 8.42 Å². The van der Waals surface area contributed by atoms with Crippen molar-refractivity contribution in [2.75, 3.05) is 25.4 Å². The maximum atomic E-state index is 11.9. The third-order valence-electron chi connectivity index (χ3n) is 2.59. The first-order valence-corrected chi connectivity index (χ1v) is 6.93. The van der Waals surface area contributed by atoms with Crippen LogP contribution in [0.4, 0.5) is 0 Å². The monoisotopic (exact) mass is 220 g/mol. The van der Waals surface area contributed by atoms with Crippen molar-refractivity contribution in [2.45, 2.75) is 32.7 Å². The Morgan fingerprint density at radius 1 is 1.43 bits per heavy atom. The Kier molecular flexibility index (Phi) is 4.34. The molecule has 1 saturated heterocycles. The molecule has 0 aromatic rings. The van der Waals surface area contributed by atoms with Crippen LogP contribution in [0, 0.1) is 0 Å². The van der Waals surface area contributed by atoms with Gasteiger partial charge in [-0.3, -0.25) is 0 Å².